The van der Waals surface area contributed by atoms with Gasteiger partial charge in [-0.3, -0.25) is 14.4 Å². The molecule has 156 valence electrons. The Kier molecular flexibility index (Phi) is 7.35. The lowest BCUT2D eigenvalue weighted by molar-refractivity contribution is -0.113. The van der Waals surface area contributed by atoms with Gasteiger partial charge in [0.05, 0.1) is 0 Å². The molecule has 31 heavy (non-hydrogen) atoms. The van der Waals surface area contributed by atoms with Crippen LogP contribution in [0.4, 0.5) is 5.69 Å². The van der Waals surface area contributed by atoms with E-state index in [1.165, 1.54) is 19.1 Å². The highest BCUT2D eigenvalue weighted by Gasteiger charge is 2.17. The number of carbonyl (C=O) groups is 3. The van der Waals surface area contributed by atoms with Crippen molar-refractivity contribution < 1.29 is 18.8 Å². The number of benzene rings is 2. The third-order valence-electron chi connectivity index (χ3n) is 4.19. The molecule has 2 aromatic carbocycles. The van der Waals surface area contributed by atoms with Crippen molar-refractivity contribution >= 4 is 45.3 Å². The number of Topliss-reactive ketones (excluding diaryl/α,β-unsaturated/α-hetero) is 1. The van der Waals surface area contributed by atoms with Gasteiger partial charge in [0.15, 0.2) is 16.2 Å². The molecule has 0 saturated carbocycles. The lowest BCUT2D eigenvalue weighted by Gasteiger charge is -2.10. The summed E-state index contributed by atoms with van der Waals surface area (Å²) < 4.78 is 5.65. The standard InChI is InChI=1S/C24H19BrN2O4/c1-16(28)18-10-12-19(13-11-18)26-23(29)20(9-5-8-17-6-3-2-4-7-17)27-24(30)21-14-15-22(25)31-21/h2-15H,1H3,(H,26,29)(H,27,30)/b8-5-,20-9-. The molecular formula is C24H19BrN2O4. The Morgan fingerprint density at radius 3 is 2.26 bits per heavy atom. The molecule has 7 heteroatoms. The summed E-state index contributed by atoms with van der Waals surface area (Å²) in [4.78, 5) is 36.7. The van der Waals surface area contributed by atoms with Crippen molar-refractivity contribution in [3.05, 3.63) is 106 Å². The molecule has 0 aliphatic rings. The lowest BCUT2D eigenvalue weighted by atomic mass is 10.1. The van der Waals surface area contributed by atoms with Gasteiger partial charge < -0.3 is 15.1 Å². The number of carbonyl (C=O) groups excluding carboxylic acids is 3. The molecule has 0 fully saturated rings. The van der Waals surface area contributed by atoms with E-state index in [2.05, 4.69) is 26.6 Å². The molecule has 0 saturated heterocycles. The third kappa shape index (κ3) is 6.38. The largest absolute Gasteiger partial charge is 0.444 e. The van der Waals surface area contributed by atoms with Crippen molar-refractivity contribution in [2.45, 2.75) is 6.92 Å². The predicted molar refractivity (Wildman–Crippen MR) is 123 cm³/mol. The molecule has 0 spiro atoms. The highest BCUT2D eigenvalue weighted by Crippen LogP contribution is 2.15. The van der Waals surface area contributed by atoms with Crippen LogP contribution in [0.25, 0.3) is 6.08 Å². The van der Waals surface area contributed by atoms with Crippen LogP contribution < -0.4 is 10.6 Å². The van der Waals surface area contributed by atoms with E-state index in [4.69, 9.17) is 4.42 Å². The fourth-order valence-corrected chi connectivity index (χ4v) is 2.91. The minimum atomic E-state index is -0.563. The van der Waals surface area contributed by atoms with E-state index in [9.17, 15) is 14.4 Å². The van der Waals surface area contributed by atoms with E-state index >= 15 is 0 Å². The zero-order valence-corrected chi connectivity index (χ0v) is 18.2. The maximum absolute atomic E-state index is 12.8. The smallest absolute Gasteiger partial charge is 0.291 e. The van der Waals surface area contributed by atoms with Gasteiger partial charge in [-0.1, -0.05) is 42.5 Å². The fourth-order valence-electron chi connectivity index (χ4n) is 2.60. The number of allylic oxidation sites excluding steroid dienone is 2. The number of hydrogen-bond acceptors (Lipinski definition) is 4. The second-order valence-electron chi connectivity index (χ2n) is 6.50. The molecule has 2 N–H and O–H groups in total. The zero-order valence-electron chi connectivity index (χ0n) is 16.6. The van der Waals surface area contributed by atoms with Crippen LogP contribution >= 0.6 is 15.9 Å². The van der Waals surface area contributed by atoms with Gasteiger partial charge >= 0.3 is 0 Å². The van der Waals surface area contributed by atoms with Crippen LogP contribution in [-0.2, 0) is 4.79 Å². The molecule has 0 aliphatic heterocycles. The molecule has 3 aromatic rings. The maximum atomic E-state index is 12.8. The van der Waals surface area contributed by atoms with Crippen LogP contribution in [0.15, 0.2) is 93.7 Å². The van der Waals surface area contributed by atoms with Crippen LogP contribution in [0, 0.1) is 0 Å². The molecule has 1 aromatic heterocycles. The number of furan rings is 1. The van der Waals surface area contributed by atoms with Gasteiger partial charge in [0.2, 0.25) is 0 Å². The van der Waals surface area contributed by atoms with E-state index in [-0.39, 0.29) is 17.2 Å². The molecular weight excluding hydrogens is 460 g/mol. The Balaban J connectivity index is 1.80. The van der Waals surface area contributed by atoms with Crippen molar-refractivity contribution in [1.82, 2.24) is 5.32 Å². The van der Waals surface area contributed by atoms with Crippen molar-refractivity contribution in [3.8, 4) is 0 Å². The first kappa shape index (κ1) is 22.0. The Morgan fingerprint density at radius 2 is 1.65 bits per heavy atom. The van der Waals surface area contributed by atoms with Crippen LogP contribution in [-0.4, -0.2) is 17.6 Å². The Hall–Kier alpha value is -3.71. The summed E-state index contributed by atoms with van der Waals surface area (Å²) in [5, 5.41) is 5.28. The average molecular weight is 479 g/mol. The van der Waals surface area contributed by atoms with Gasteiger partial charge in [-0.25, -0.2) is 0 Å². The SMILES string of the molecule is CC(=O)c1ccc(NC(=O)/C(=C/C=C\c2ccccc2)NC(=O)c2ccc(Br)o2)cc1. The molecule has 0 radical (unpaired) electrons. The minimum Gasteiger partial charge on any atom is -0.444 e. The number of hydrogen-bond donors (Lipinski definition) is 2. The van der Waals surface area contributed by atoms with E-state index in [0.717, 1.165) is 5.56 Å². The fraction of sp³-hybridized carbons (Fsp3) is 0.0417. The number of anilines is 1. The molecule has 6 nitrogen and oxygen atoms in total. The topological polar surface area (TPSA) is 88.4 Å². The zero-order chi connectivity index (χ0) is 22.2. The van der Waals surface area contributed by atoms with Crippen molar-refractivity contribution in [2.75, 3.05) is 5.32 Å². The van der Waals surface area contributed by atoms with Gasteiger partial charge in [0.25, 0.3) is 11.8 Å². The Bertz CT molecular complexity index is 1150. The quantitative estimate of drug-likeness (QED) is 0.277. The normalized spacial score (nSPS) is 11.4. The first-order valence-electron chi connectivity index (χ1n) is 9.35. The maximum Gasteiger partial charge on any atom is 0.291 e. The highest BCUT2D eigenvalue weighted by atomic mass is 79.9. The minimum absolute atomic E-state index is 0.0281. The summed E-state index contributed by atoms with van der Waals surface area (Å²) in [5.74, 6) is -1.09. The van der Waals surface area contributed by atoms with Crippen LogP contribution in [0.5, 0.6) is 0 Å². The summed E-state index contributed by atoms with van der Waals surface area (Å²) in [6.45, 7) is 1.47. The van der Waals surface area contributed by atoms with Gasteiger partial charge in [-0.15, -0.1) is 0 Å². The van der Waals surface area contributed by atoms with Gasteiger partial charge in [-0.05, 0) is 70.9 Å². The summed E-state index contributed by atoms with van der Waals surface area (Å²) in [6, 6.07) is 19.1. The van der Waals surface area contributed by atoms with E-state index < -0.39 is 11.8 Å². The number of amides is 2. The first-order valence-corrected chi connectivity index (χ1v) is 10.1. The third-order valence-corrected chi connectivity index (χ3v) is 4.62. The van der Waals surface area contributed by atoms with Gasteiger partial charge in [-0.2, -0.15) is 0 Å². The summed E-state index contributed by atoms with van der Waals surface area (Å²) in [5.41, 5.74) is 2.00. The average Bonchev–Trinajstić information content (AvgIpc) is 3.20. The Labute approximate surface area is 187 Å². The summed E-state index contributed by atoms with van der Waals surface area (Å²) in [6.07, 6.45) is 4.98. The highest BCUT2D eigenvalue weighted by molar-refractivity contribution is 9.10. The Morgan fingerprint density at radius 1 is 0.935 bits per heavy atom. The molecule has 0 atom stereocenters. The van der Waals surface area contributed by atoms with Gasteiger partial charge in [0.1, 0.15) is 5.70 Å². The van der Waals surface area contributed by atoms with Crippen molar-refractivity contribution in [2.24, 2.45) is 0 Å². The van der Waals surface area contributed by atoms with E-state index in [0.29, 0.717) is 15.9 Å². The molecule has 1 heterocycles. The van der Waals surface area contributed by atoms with Gasteiger partial charge in [0, 0.05) is 11.3 Å². The summed E-state index contributed by atoms with van der Waals surface area (Å²) in [7, 11) is 0. The molecule has 0 aliphatic carbocycles. The predicted octanol–water partition coefficient (Wildman–Crippen LogP) is 5.21. The number of halogens is 1. The van der Waals surface area contributed by atoms with Crippen molar-refractivity contribution in [1.29, 1.82) is 0 Å². The number of nitrogens with one attached hydrogen (secondary N) is 2. The van der Waals surface area contributed by atoms with E-state index in [1.54, 1.807) is 36.4 Å². The number of ketones is 1. The number of rotatable bonds is 7. The second kappa shape index (κ2) is 10.4. The first-order chi connectivity index (χ1) is 14.9. The van der Waals surface area contributed by atoms with Crippen LogP contribution in [0.2, 0.25) is 0 Å². The van der Waals surface area contributed by atoms with E-state index in [1.807, 2.05) is 36.4 Å². The monoisotopic (exact) mass is 478 g/mol. The molecule has 0 bridgehead atoms. The van der Waals surface area contributed by atoms with Crippen LogP contribution in [0.1, 0.15) is 33.4 Å². The second-order valence-corrected chi connectivity index (χ2v) is 7.28. The van der Waals surface area contributed by atoms with Crippen molar-refractivity contribution in [3.63, 3.8) is 0 Å². The lowest BCUT2D eigenvalue weighted by Crippen LogP contribution is -2.30. The molecule has 2 amide bonds. The van der Waals surface area contributed by atoms with Crippen LogP contribution in [0.3, 0.4) is 0 Å². The molecule has 3 rings (SSSR count). The molecule has 0 unspecified atom stereocenters. The summed E-state index contributed by atoms with van der Waals surface area (Å²) >= 11 is 3.15.